The van der Waals surface area contributed by atoms with E-state index in [9.17, 15) is 13.2 Å². The van der Waals surface area contributed by atoms with E-state index in [2.05, 4.69) is 10.2 Å². The first-order valence-corrected chi connectivity index (χ1v) is 8.81. The van der Waals surface area contributed by atoms with Crippen molar-refractivity contribution >= 4 is 11.8 Å². The topological polar surface area (TPSA) is 39.9 Å². The number of hydrogen-bond acceptors (Lipinski definition) is 4. The summed E-state index contributed by atoms with van der Waals surface area (Å²) in [5.74, 6) is -0.657. The van der Waals surface area contributed by atoms with Crippen LogP contribution in [0.5, 0.6) is 5.75 Å². The van der Waals surface area contributed by atoms with Gasteiger partial charge in [0.05, 0.1) is 0 Å². The lowest BCUT2D eigenvalue weighted by atomic mass is 10.2. The molecule has 0 N–H and O–H groups in total. The number of hydrogen-bond donors (Lipinski definition) is 0. The van der Waals surface area contributed by atoms with Gasteiger partial charge in [0.2, 0.25) is 0 Å². The van der Waals surface area contributed by atoms with Crippen LogP contribution in [-0.2, 0) is 12.8 Å². The molecule has 2 aromatic carbocycles. The standard InChI is InChI=1S/C18H16F3N3OS/c1-11(25-16-8-7-14(20)9-15(16)21)17-22-23-18(24(17)2)26-10-12-3-5-13(19)6-4-12/h3-9,11H,10H2,1-2H3/t11-/m1/s1. The third-order valence-corrected chi connectivity index (χ3v) is 4.80. The number of benzene rings is 2. The molecule has 0 spiro atoms. The second-order valence-corrected chi connectivity index (χ2v) is 6.59. The Balaban J connectivity index is 1.68. The normalized spacial score (nSPS) is 12.2. The van der Waals surface area contributed by atoms with Gasteiger partial charge in [0, 0.05) is 18.9 Å². The van der Waals surface area contributed by atoms with Crippen LogP contribution in [0.25, 0.3) is 0 Å². The average Bonchev–Trinajstić information content (AvgIpc) is 2.98. The lowest BCUT2D eigenvalue weighted by Crippen LogP contribution is -2.10. The quantitative estimate of drug-likeness (QED) is 0.584. The fraction of sp³-hybridized carbons (Fsp3) is 0.222. The molecule has 0 aliphatic rings. The third-order valence-electron chi connectivity index (χ3n) is 3.71. The van der Waals surface area contributed by atoms with Crippen molar-refractivity contribution in [2.24, 2.45) is 7.05 Å². The van der Waals surface area contributed by atoms with E-state index in [0.717, 1.165) is 17.7 Å². The van der Waals surface area contributed by atoms with Crippen LogP contribution in [0.4, 0.5) is 13.2 Å². The molecular formula is C18H16F3N3OS. The highest BCUT2D eigenvalue weighted by atomic mass is 32.2. The molecule has 0 amide bonds. The smallest absolute Gasteiger partial charge is 0.191 e. The zero-order chi connectivity index (χ0) is 18.7. The Hall–Kier alpha value is -2.48. The zero-order valence-corrected chi connectivity index (χ0v) is 14.9. The Morgan fingerprint density at radius 3 is 2.42 bits per heavy atom. The van der Waals surface area contributed by atoms with Crippen molar-refractivity contribution in [3.63, 3.8) is 0 Å². The molecule has 0 aliphatic carbocycles. The minimum absolute atomic E-state index is 0.0533. The molecule has 0 fully saturated rings. The van der Waals surface area contributed by atoms with Crippen LogP contribution in [0.1, 0.15) is 24.4 Å². The van der Waals surface area contributed by atoms with E-state index in [1.165, 1.54) is 30.0 Å². The van der Waals surface area contributed by atoms with Gasteiger partial charge in [-0.05, 0) is 36.8 Å². The van der Waals surface area contributed by atoms with Crippen LogP contribution >= 0.6 is 11.8 Å². The molecule has 0 aliphatic heterocycles. The first-order valence-electron chi connectivity index (χ1n) is 7.82. The number of nitrogens with zero attached hydrogens (tertiary/aromatic N) is 3. The van der Waals surface area contributed by atoms with Gasteiger partial charge in [-0.15, -0.1) is 10.2 Å². The highest BCUT2D eigenvalue weighted by Gasteiger charge is 2.19. The molecule has 3 rings (SSSR count). The summed E-state index contributed by atoms with van der Waals surface area (Å²) in [5, 5.41) is 8.86. The van der Waals surface area contributed by atoms with E-state index < -0.39 is 17.7 Å². The van der Waals surface area contributed by atoms with E-state index >= 15 is 0 Å². The Kier molecular flexibility index (Phi) is 5.51. The number of ether oxygens (including phenoxy) is 1. The summed E-state index contributed by atoms with van der Waals surface area (Å²) in [6, 6.07) is 9.37. The number of thioether (sulfide) groups is 1. The Bertz CT molecular complexity index is 899. The van der Waals surface area contributed by atoms with E-state index in [1.54, 1.807) is 30.7 Å². The monoisotopic (exact) mass is 379 g/mol. The maximum absolute atomic E-state index is 13.7. The van der Waals surface area contributed by atoms with Gasteiger partial charge in [-0.3, -0.25) is 0 Å². The molecule has 0 saturated heterocycles. The second kappa shape index (κ2) is 7.82. The summed E-state index contributed by atoms with van der Waals surface area (Å²) in [4.78, 5) is 0. The summed E-state index contributed by atoms with van der Waals surface area (Å²) in [6.45, 7) is 1.71. The van der Waals surface area contributed by atoms with Gasteiger partial charge in [0.1, 0.15) is 11.6 Å². The van der Waals surface area contributed by atoms with Gasteiger partial charge in [-0.2, -0.15) is 0 Å². The molecule has 8 heteroatoms. The molecule has 4 nitrogen and oxygen atoms in total. The van der Waals surface area contributed by atoms with Crippen LogP contribution in [0.2, 0.25) is 0 Å². The van der Waals surface area contributed by atoms with E-state index in [-0.39, 0.29) is 11.6 Å². The lowest BCUT2D eigenvalue weighted by Gasteiger charge is -2.14. The fourth-order valence-corrected chi connectivity index (χ4v) is 3.22. The van der Waals surface area contributed by atoms with Crippen molar-refractivity contribution in [1.29, 1.82) is 0 Å². The summed E-state index contributed by atoms with van der Waals surface area (Å²) in [7, 11) is 1.78. The highest BCUT2D eigenvalue weighted by molar-refractivity contribution is 7.98. The summed E-state index contributed by atoms with van der Waals surface area (Å²) in [5.41, 5.74) is 0.957. The number of rotatable bonds is 6. The van der Waals surface area contributed by atoms with Crippen LogP contribution < -0.4 is 4.74 Å². The maximum Gasteiger partial charge on any atom is 0.191 e. The zero-order valence-electron chi connectivity index (χ0n) is 14.1. The predicted octanol–water partition coefficient (Wildman–Crippen LogP) is 4.66. The van der Waals surface area contributed by atoms with Crippen LogP contribution in [0.3, 0.4) is 0 Å². The molecular weight excluding hydrogens is 363 g/mol. The summed E-state index contributed by atoms with van der Waals surface area (Å²) < 4.78 is 46.9. The van der Waals surface area contributed by atoms with E-state index in [4.69, 9.17) is 4.74 Å². The van der Waals surface area contributed by atoms with Gasteiger partial charge in [-0.1, -0.05) is 23.9 Å². The van der Waals surface area contributed by atoms with Crippen molar-refractivity contribution in [3.8, 4) is 5.75 Å². The maximum atomic E-state index is 13.7. The summed E-state index contributed by atoms with van der Waals surface area (Å²) in [6.07, 6.45) is -0.576. The molecule has 0 bridgehead atoms. The SMILES string of the molecule is C[C@@H](Oc1ccc(F)cc1F)c1nnc(SCc2ccc(F)cc2)n1C. The fourth-order valence-electron chi connectivity index (χ4n) is 2.35. The van der Waals surface area contributed by atoms with Gasteiger partial charge < -0.3 is 9.30 Å². The van der Waals surface area contributed by atoms with Crippen LogP contribution in [0.15, 0.2) is 47.6 Å². The minimum atomic E-state index is -0.773. The van der Waals surface area contributed by atoms with E-state index in [1.807, 2.05) is 0 Å². The molecule has 26 heavy (non-hydrogen) atoms. The first-order chi connectivity index (χ1) is 12.4. The van der Waals surface area contributed by atoms with Gasteiger partial charge >= 0.3 is 0 Å². The van der Waals surface area contributed by atoms with E-state index in [0.29, 0.717) is 16.7 Å². The number of aromatic nitrogens is 3. The van der Waals surface area contributed by atoms with Gasteiger partial charge in [0.25, 0.3) is 0 Å². The summed E-state index contributed by atoms with van der Waals surface area (Å²) >= 11 is 1.44. The lowest BCUT2D eigenvalue weighted by molar-refractivity contribution is 0.201. The number of halogens is 3. The van der Waals surface area contributed by atoms with Crippen molar-refractivity contribution in [3.05, 3.63) is 71.3 Å². The van der Waals surface area contributed by atoms with Gasteiger partial charge in [-0.25, -0.2) is 13.2 Å². The second-order valence-electron chi connectivity index (χ2n) is 5.65. The Labute approximate surface area is 153 Å². The molecule has 1 aromatic heterocycles. The molecule has 0 unspecified atom stereocenters. The van der Waals surface area contributed by atoms with Crippen molar-refractivity contribution < 1.29 is 17.9 Å². The highest BCUT2D eigenvalue weighted by Crippen LogP contribution is 2.27. The molecule has 3 aromatic rings. The molecule has 0 radical (unpaired) electrons. The van der Waals surface area contributed by atoms with Crippen molar-refractivity contribution in [2.45, 2.75) is 23.9 Å². The Morgan fingerprint density at radius 2 is 1.73 bits per heavy atom. The minimum Gasteiger partial charge on any atom is -0.480 e. The molecule has 1 heterocycles. The van der Waals surface area contributed by atoms with Gasteiger partial charge in [0.15, 0.2) is 28.7 Å². The third kappa shape index (κ3) is 4.19. The molecule has 136 valence electrons. The van der Waals surface area contributed by atoms with Crippen molar-refractivity contribution in [2.75, 3.05) is 0 Å². The largest absolute Gasteiger partial charge is 0.480 e. The van der Waals surface area contributed by atoms with Crippen LogP contribution in [0, 0.1) is 17.5 Å². The molecule has 0 saturated carbocycles. The van der Waals surface area contributed by atoms with Crippen molar-refractivity contribution in [1.82, 2.24) is 14.8 Å². The molecule has 1 atom stereocenters. The predicted molar refractivity (Wildman–Crippen MR) is 92.4 cm³/mol. The average molecular weight is 379 g/mol. The van der Waals surface area contributed by atoms with Crippen LogP contribution in [-0.4, -0.2) is 14.8 Å². The Morgan fingerprint density at radius 1 is 1.04 bits per heavy atom. The first kappa shape index (κ1) is 18.3.